The Morgan fingerprint density at radius 2 is 2.05 bits per heavy atom. The third-order valence-corrected chi connectivity index (χ3v) is 3.26. The van der Waals surface area contributed by atoms with Crippen molar-refractivity contribution < 1.29 is 9.90 Å². The molecule has 1 aromatic carbocycles. The summed E-state index contributed by atoms with van der Waals surface area (Å²) in [4.78, 5) is 13.5. The van der Waals surface area contributed by atoms with Crippen LogP contribution in [0, 0.1) is 11.3 Å². The van der Waals surface area contributed by atoms with Crippen LogP contribution in [0.3, 0.4) is 0 Å². The van der Waals surface area contributed by atoms with Crippen LogP contribution in [-0.2, 0) is 4.79 Å². The van der Waals surface area contributed by atoms with E-state index < -0.39 is 6.10 Å². The monoisotopic (exact) mass is 275 g/mol. The lowest BCUT2D eigenvalue weighted by molar-refractivity contribution is -0.131. The summed E-state index contributed by atoms with van der Waals surface area (Å²) in [5, 5.41) is 21.8. The Morgan fingerprint density at radius 1 is 1.45 bits per heavy atom. The van der Waals surface area contributed by atoms with Gasteiger partial charge >= 0.3 is 0 Å². The lowest BCUT2D eigenvalue weighted by Crippen LogP contribution is -2.44. The second-order valence-electron chi connectivity index (χ2n) is 4.73. The van der Waals surface area contributed by atoms with Gasteiger partial charge in [-0.2, -0.15) is 5.26 Å². The molecule has 20 heavy (non-hydrogen) atoms. The molecule has 0 saturated carbocycles. The molecule has 2 atom stereocenters. The number of rotatable bonds is 6. The molecule has 5 nitrogen and oxygen atoms in total. The Labute approximate surface area is 119 Å². The predicted octanol–water partition coefficient (Wildman–Crippen LogP) is 1.05. The number of aliphatic hydroxyl groups is 1. The van der Waals surface area contributed by atoms with Crippen LogP contribution in [0.1, 0.15) is 31.1 Å². The van der Waals surface area contributed by atoms with Crippen LogP contribution >= 0.6 is 0 Å². The quantitative estimate of drug-likeness (QED) is 0.813. The Hall–Kier alpha value is -1.90. The van der Waals surface area contributed by atoms with Gasteiger partial charge in [0.15, 0.2) is 0 Å². The molecule has 0 saturated heterocycles. The largest absolute Gasteiger partial charge is 0.387 e. The lowest BCUT2D eigenvalue weighted by atomic mass is 10.1. The zero-order valence-electron chi connectivity index (χ0n) is 12.1. The molecule has 0 aliphatic heterocycles. The van der Waals surface area contributed by atoms with E-state index in [0.29, 0.717) is 12.1 Å². The van der Waals surface area contributed by atoms with Crippen molar-refractivity contribution in [1.82, 2.24) is 10.2 Å². The maximum atomic E-state index is 11.9. The van der Waals surface area contributed by atoms with E-state index in [1.807, 2.05) is 13.0 Å². The number of carbonyl (C=O) groups excluding carboxylic acids is 1. The van der Waals surface area contributed by atoms with Gasteiger partial charge in [-0.15, -0.1) is 0 Å². The fourth-order valence-electron chi connectivity index (χ4n) is 1.76. The van der Waals surface area contributed by atoms with Gasteiger partial charge in [-0.25, -0.2) is 0 Å². The number of aliphatic hydroxyl groups excluding tert-OH is 1. The number of nitrogens with one attached hydrogen (secondary N) is 1. The average molecular weight is 275 g/mol. The van der Waals surface area contributed by atoms with Gasteiger partial charge in [0.2, 0.25) is 5.91 Å². The van der Waals surface area contributed by atoms with E-state index >= 15 is 0 Å². The fourth-order valence-corrected chi connectivity index (χ4v) is 1.76. The topological polar surface area (TPSA) is 76.4 Å². The number of nitrogens with zero attached hydrogens (tertiary/aromatic N) is 2. The highest BCUT2D eigenvalue weighted by molar-refractivity contribution is 5.81. The Kier molecular flexibility index (Phi) is 6.16. The maximum absolute atomic E-state index is 11.9. The summed E-state index contributed by atoms with van der Waals surface area (Å²) in [6, 6.07) is 8.45. The third-order valence-electron chi connectivity index (χ3n) is 3.26. The summed E-state index contributed by atoms with van der Waals surface area (Å²) < 4.78 is 0. The minimum Gasteiger partial charge on any atom is -0.387 e. The normalized spacial score (nSPS) is 13.3. The average Bonchev–Trinajstić information content (AvgIpc) is 2.50. The zero-order chi connectivity index (χ0) is 15.1. The van der Waals surface area contributed by atoms with E-state index in [1.165, 1.54) is 0 Å². The first-order valence-electron chi connectivity index (χ1n) is 6.66. The van der Waals surface area contributed by atoms with Gasteiger partial charge in [0.25, 0.3) is 0 Å². The van der Waals surface area contributed by atoms with Crippen molar-refractivity contribution in [3.05, 3.63) is 35.4 Å². The van der Waals surface area contributed by atoms with Gasteiger partial charge in [-0.3, -0.25) is 4.79 Å². The van der Waals surface area contributed by atoms with Gasteiger partial charge in [0, 0.05) is 20.1 Å². The van der Waals surface area contributed by atoms with Gasteiger partial charge in [0.05, 0.1) is 23.8 Å². The molecule has 0 aliphatic rings. The summed E-state index contributed by atoms with van der Waals surface area (Å²) in [5.74, 6) is -0.000437. The summed E-state index contributed by atoms with van der Waals surface area (Å²) in [7, 11) is 1.75. The zero-order valence-corrected chi connectivity index (χ0v) is 12.1. The van der Waals surface area contributed by atoms with Gasteiger partial charge in [0.1, 0.15) is 0 Å². The highest BCUT2D eigenvalue weighted by atomic mass is 16.3. The number of likely N-dealkylation sites (N-methyl/N-ethyl adjacent to an activating group) is 1. The standard InChI is InChI=1S/C15H21N3O2/c1-4-18(3)15(20)11(2)17-10-14(19)13-7-5-12(9-16)6-8-13/h5-8,11,14,17,19H,4,10H2,1-3H3. The molecule has 2 N–H and O–H groups in total. The van der Waals surface area contributed by atoms with Crippen LogP contribution in [0.2, 0.25) is 0 Å². The van der Waals surface area contributed by atoms with Crippen molar-refractivity contribution in [2.75, 3.05) is 20.1 Å². The molecule has 0 fully saturated rings. The smallest absolute Gasteiger partial charge is 0.239 e. The van der Waals surface area contributed by atoms with Gasteiger partial charge in [-0.05, 0) is 31.5 Å². The number of hydrogen-bond acceptors (Lipinski definition) is 4. The van der Waals surface area contributed by atoms with Gasteiger partial charge < -0.3 is 15.3 Å². The second-order valence-corrected chi connectivity index (χ2v) is 4.73. The molecule has 5 heteroatoms. The minimum atomic E-state index is -0.704. The van der Waals surface area contributed by atoms with Crippen molar-refractivity contribution in [2.45, 2.75) is 26.0 Å². The Bertz CT molecular complexity index is 479. The molecule has 1 aromatic rings. The van der Waals surface area contributed by atoms with E-state index in [1.54, 1.807) is 43.1 Å². The minimum absolute atomic E-state index is 0.000437. The Balaban J connectivity index is 2.52. The molecular formula is C15H21N3O2. The van der Waals surface area contributed by atoms with E-state index in [2.05, 4.69) is 5.32 Å². The number of benzene rings is 1. The molecule has 1 rings (SSSR count). The van der Waals surface area contributed by atoms with Crippen LogP contribution < -0.4 is 5.32 Å². The van der Waals surface area contributed by atoms with Crippen LogP contribution in [0.15, 0.2) is 24.3 Å². The van der Waals surface area contributed by atoms with E-state index in [4.69, 9.17) is 5.26 Å². The first kappa shape index (κ1) is 16.2. The summed E-state index contributed by atoms with van der Waals surface area (Å²) in [6.45, 7) is 4.63. The van der Waals surface area contributed by atoms with Crippen LogP contribution in [0.25, 0.3) is 0 Å². The van der Waals surface area contributed by atoms with Crippen molar-refractivity contribution in [3.63, 3.8) is 0 Å². The summed E-state index contributed by atoms with van der Waals surface area (Å²) >= 11 is 0. The molecule has 0 spiro atoms. The molecule has 2 unspecified atom stereocenters. The summed E-state index contributed by atoms with van der Waals surface area (Å²) in [6.07, 6.45) is -0.704. The van der Waals surface area contributed by atoms with Crippen LogP contribution in [0.4, 0.5) is 0 Å². The molecule has 0 radical (unpaired) electrons. The van der Waals surface area contributed by atoms with E-state index in [-0.39, 0.29) is 18.5 Å². The highest BCUT2D eigenvalue weighted by Crippen LogP contribution is 2.13. The van der Waals surface area contributed by atoms with Crippen molar-refractivity contribution in [1.29, 1.82) is 5.26 Å². The molecule has 0 aliphatic carbocycles. The highest BCUT2D eigenvalue weighted by Gasteiger charge is 2.17. The molecule has 0 bridgehead atoms. The molecule has 0 aromatic heterocycles. The van der Waals surface area contributed by atoms with Crippen molar-refractivity contribution >= 4 is 5.91 Å². The van der Waals surface area contributed by atoms with Crippen LogP contribution in [0.5, 0.6) is 0 Å². The summed E-state index contributed by atoms with van der Waals surface area (Å²) in [5.41, 5.74) is 1.28. The Morgan fingerprint density at radius 3 is 2.55 bits per heavy atom. The lowest BCUT2D eigenvalue weighted by Gasteiger charge is -2.22. The van der Waals surface area contributed by atoms with Crippen molar-refractivity contribution in [3.8, 4) is 6.07 Å². The van der Waals surface area contributed by atoms with E-state index in [9.17, 15) is 9.90 Å². The second kappa shape index (κ2) is 7.63. The molecular weight excluding hydrogens is 254 g/mol. The number of nitriles is 1. The number of amides is 1. The SMILES string of the molecule is CCN(C)C(=O)C(C)NCC(O)c1ccc(C#N)cc1. The number of carbonyl (C=O) groups is 1. The maximum Gasteiger partial charge on any atom is 0.239 e. The van der Waals surface area contributed by atoms with Crippen molar-refractivity contribution in [2.24, 2.45) is 0 Å². The molecule has 1 amide bonds. The molecule has 0 heterocycles. The third kappa shape index (κ3) is 4.34. The van der Waals surface area contributed by atoms with E-state index in [0.717, 1.165) is 5.56 Å². The fraction of sp³-hybridized carbons (Fsp3) is 0.467. The van der Waals surface area contributed by atoms with Crippen LogP contribution in [-0.4, -0.2) is 42.1 Å². The van der Waals surface area contributed by atoms with Gasteiger partial charge in [-0.1, -0.05) is 12.1 Å². The first-order chi connectivity index (χ1) is 9.49. The number of hydrogen-bond donors (Lipinski definition) is 2. The predicted molar refractivity (Wildman–Crippen MR) is 76.9 cm³/mol. The molecule has 108 valence electrons. The first-order valence-corrected chi connectivity index (χ1v) is 6.66.